The van der Waals surface area contributed by atoms with E-state index in [1.807, 2.05) is 6.92 Å². The Hall–Kier alpha value is -2.34. The number of carbonyl (C=O) groups excluding carboxylic acids is 1. The van der Waals surface area contributed by atoms with Crippen LogP contribution >= 0.6 is 0 Å². The average Bonchev–Trinajstić information content (AvgIpc) is 3.43. The fraction of sp³-hybridized carbons (Fsp3) is 0.550. The molecule has 0 saturated carbocycles. The van der Waals surface area contributed by atoms with Gasteiger partial charge in [-0.05, 0) is 18.6 Å². The van der Waals surface area contributed by atoms with Gasteiger partial charge in [-0.1, -0.05) is 24.2 Å². The van der Waals surface area contributed by atoms with Crippen LogP contribution in [0.1, 0.15) is 31.2 Å². The Labute approximate surface area is 181 Å². The van der Waals surface area contributed by atoms with Gasteiger partial charge in [0.1, 0.15) is 0 Å². The smallest absolute Gasteiger partial charge is 0.241 e. The third-order valence-electron chi connectivity index (χ3n) is 5.61. The highest BCUT2D eigenvalue weighted by molar-refractivity contribution is 7.89. The van der Waals surface area contributed by atoms with Crippen LogP contribution in [0, 0.1) is 6.92 Å². The van der Waals surface area contributed by atoms with Gasteiger partial charge >= 0.3 is 0 Å². The molecule has 0 bridgehead atoms. The summed E-state index contributed by atoms with van der Waals surface area (Å²) >= 11 is 0. The number of hydrogen-bond donors (Lipinski definition) is 1. The number of aryl methyl sites for hydroxylation is 2. The Bertz CT molecular complexity index is 1050. The van der Waals surface area contributed by atoms with Crippen molar-refractivity contribution in [3.63, 3.8) is 0 Å². The molecule has 31 heavy (non-hydrogen) atoms. The maximum absolute atomic E-state index is 12.9. The van der Waals surface area contributed by atoms with E-state index in [2.05, 4.69) is 14.9 Å². The number of carbonyl (C=O) groups is 1. The first-order valence-electron chi connectivity index (χ1n) is 10.3. The molecule has 1 amide bonds. The van der Waals surface area contributed by atoms with Gasteiger partial charge in [0, 0.05) is 37.9 Å². The maximum atomic E-state index is 12.9. The predicted molar refractivity (Wildman–Crippen MR) is 109 cm³/mol. The normalized spacial score (nSPS) is 18.6. The molecule has 2 aliphatic rings. The largest absolute Gasteiger partial charge is 0.347 e. The number of aromatic nitrogens is 2. The summed E-state index contributed by atoms with van der Waals surface area (Å²) in [4.78, 5) is 18.5. The van der Waals surface area contributed by atoms with E-state index < -0.39 is 15.8 Å². The van der Waals surface area contributed by atoms with Gasteiger partial charge in [-0.15, -0.1) is 0 Å². The molecule has 1 spiro atoms. The first-order chi connectivity index (χ1) is 14.8. The fourth-order valence-electron chi connectivity index (χ4n) is 3.77. The molecule has 2 saturated heterocycles. The van der Waals surface area contributed by atoms with Crippen LogP contribution in [-0.4, -0.2) is 68.0 Å². The molecule has 3 heterocycles. The third-order valence-corrected chi connectivity index (χ3v) is 7.15. The van der Waals surface area contributed by atoms with Gasteiger partial charge < -0.3 is 18.9 Å². The number of sulfonamides is 1. The quantitative estimate of drug-likeness (QED) is 0.697. The molecule has 1 aromatic carbocycles. The fourth-order valence-corrected chi connectivity index (χ4v) is 5.02. The van der Waals surface area contributed by atoms with E-state index in [-0.39, 0.29) is 17.3 Å². The molecule has 0 radical (unpaired) electrons. The van der Waals surface area contributed by atoms with E-state index in [9.17, 15) is 13.2 Å². The number of nitrogens with one attached hydrogen (secondary N) is 1. The summed E-state index contributed by atoms with van der Waals surface area (Å²) in [6.07, 6.45) is 1.75. The van der Waals surface area contributed by atoms with Crippen molar-refractivity contribution in [2.75, 3.05) is 32.8 Å². The minimum Gasteiger partial charge on any atom is -0.347 e. The van der Waals surface area contributed by atoms with E-state index >= 15 is 0 Å². The molecular formula is C20H26N4O6S. The summed E-state index contributed by atoms with van der Waals surface area (Å²) in [5, 5.41) is 3.89. The highest BCUT2D eigenvalue weighted by atomic mass is 32.2. The number of rotatable bonds is 6. The van der Waals surface area contributed by atoms with Crippen LogP contribution in [-0.2, 0) is 30.7 Å². The lowest BCUT2D eigenvalue weighted by Gasteiger charge is -2.37. The van der Waals surface area contributed by atoms with Crippen molar-refractivity contribution in [3.8, 4) is 11.4 Å². The minimum absolute atomic E-state index is 0.0750. The molecule has 0 atom stereocenters. The van der Waals surface area contributed by atoms with Gasteiger partial charge in [0.15, 0.2) is 5.79 Å². The molecule has 10 nitrogen and oxygen atoms in total. The zero-order valence-electron chi connectivity index (χ0n) is 17.6. The van der Waals surface area contributed by atoms with Crippen molar-refractivity contribution in [2.24, 2.45) is 0 Å². The first kappa shape index (κ1) is 21.9. The summed E-state index contributed by atoms with van der Waals surface area (Å²) in [5.41, 5.74) is 1.08. The van der Waals surface area contributed by atoms with Crippen molar-refractivity contribution in [2.45, 2.75) is 43.8 Å². The van der Waals surface area contributed by atoms with E-state index in [0.29, 0.717) is 68.4 Å². The highest BCUT2D eigenvalue weighted by Gasteiger charge is 2.40. The number of likely N-dealkylation sites (tertiary alicyclic amines) is 1. The zero-order chi connectivity index (χ0) is 22.1. The van der Waals surface area contributed by atoms with Crippen molar-refractivity contribution >= 4 is 15.9 Å². The third kappa shape index (κ3) is 4.64. The standard InChI is InChI=1S/C20H26N4O6S/c1-3-17-22-19(23-30-17)15-5-4-14(2)16(12-15)31(26,27)21-13-18(25)24-8-6-20(7-9-24)28-10-11-29-20/h4-5,12,21H,3,6-11,13H2,1-2H3. The van der Waals surface area contributed by atoms with Crippen molar-refractivity contribution in [1.29, 1.82) is 0 Å². The van der Waals surface area contributed by atoms with E-state index in [4.69, 9.17) is 14.0 Å². The lowest BCUT2D eigenvalue weighted by molar-refractivity contribution is -0.187. The van der Waals surface area contributed by atoms with Crippen LogP contribution in [0.15, 0.2) is 27.6 Å². The second kappa shape index (κ2) is 8.65. The van der Waals surface area contributed by atoms with Gasteiger partial charge in [0.05, 0.1) is 24.7 Å². The molecule has 0 aliphatic carbocycles. The number of piperidine rings is 1. The molecule has 11 heteroatoms. The summed E-state index contributed by atoms with van der Waals surface area (Å²) in [6.45, 7) is 5.33. The van der Waals surface area contributed by atoms with Crippen molar-refractivity contribution in [1.82, 2.24) is 19.8 Å². The molecular weight excluding hydrogens is 424 g/mol. The van der Waals surface area contributed by atoms with Gasteiger partial charge in [-0.2, -0.15) is 4.98 Å². The average molecular weight is 451 g/mol. The highest BCUT2D eigenvalue weighted by Crippen LogP contribution is 2.31. The van der Waals surface area contributed by atoms with Crippen LogP contribution < -0.4 is 4.72 Å². The van der Waals surface area contributed by atoms with Crippen LogP contribution in [0.25, 0.3) is 11.4 Å². The Kier molecular flexibility index (Phi) is 6.11. The number of hydrogen-bond acceptors (Lipinski definition) is 8. The number of nitrogens with zero attached hydrogens (tertiary/aromatic N) is 3. The summed E-state index contributed by atoms with van der Waals surface area (Å²) < 4.78 is 44.7. The van der Waals surface area contributed by atoms with Gasteiger partial charge in [0.25, 0.3) is 0 Å². The molecule has 2 aliphatic heterocycles. The molecule has 2 fully saturated rings. The van der Waals surface area contributed by atoms with Crippen LogP contribution in [0.5, 0.6) is 0 Å². The van der Waals surface area contributed by atoms with Crippen molar-refractivity contribution < 1.29 is 27.2 Å². The molecule has 168 valence electrons. The van der Waals surface area contributed by atoms with Crippen LogP contribution in [0.4, 0.5) is 0 Å². The zero-order valence-corrected chi connectivity index (χ0v) is 18.4. The minimum atomic E-state index is -3.91. The monoisotopic (exact) mass is 450 g/mol. The Morgan fingerprint density at radius 2 is 1.94 bits per heavy atom. The van der Waals surface area contributed by atoms with Crippen LogP contribution in [0.2, 0.25) is 0 Å². The maximum Gasteiger partial charge on any atom is 0.241 e. The SMILES string of the molecule is CCc1nc(-c2ccc(C)c(S(=O)(=O)NCC(=O)N3CCC4(CC3)OCCO4)c2)no1. The molecule has 1 aromatic heterocycles. The van der Waals surface area contributed by atoms with Crippen molar-refractivity contribution in [3.05, 3.63) is 29.7 Å². The Morgan fingerprint density at radius 3 is 2.58 bits per heavy atom. The second-order valence-corrected chi connectivity index (χ2v) is 9.39. The Morgan fingerprint density at radius 1 is 1.23 bits per heavy atom. The van der Waals surface area contributed by atoms with Crippen LogP contribution in [0.3, 0.4) is 0 Å². The lowest BCUT2D eigenvalue weighted by Crippen LogP contribution is -2.49. The molecule has 0 unspecified atom stereocenters. The first-order valence-corrected chi connectivity index (χ1v) is 11.8. The van der Waals surface area contributed by atoms with E-state index in [1.165, 1.54) is 6.07 Å². The van der Waals surface area contributed by atoms with Gasteiger partial charge in [-0.25, -0.2) is 13.1 Å². The molecule has 1 N–H and O–H groups in total. The summed E-state index contributed by atoms with van der Waals surface area (Å²) in [7, 11) is -3.91. The number of ether oxygens (including phenoxy) is 2. The van der Waals surface area contributed by atoms with Gasteiger partial charge in [0.2, 0.25) is 27.6 Å². The lowest BCUT2D eigenvalue weighted by atomic mass is 10.0. The second-order valence-electron chi connectivity index (χ2n) is 7.66. The summed E-state index contributed by atoms with van der Waals surface area (Å²) in [6, 6.07) is 4.91. The molecule has 4 rings (SSSR count). The van der Waals surface area contributed by atoms with E-state index in [0.717, 1.165) is 0 Å². The summed E-state index contributed by atoms with van der Waals surface area (Å²) in [5.74, 6) is -0.0694. The number of amides is 1. The topological polar surface area (TPSA) is 124 Å². The molecule has 2 aromatic rings. The van der Waals surface area contributed by atoms with E-state index in [1.54, 1.807) is 24.0 Å². The Balaban J connectivity index is 1.41. The predicted octanol–water partition coefficient (Wildman–Crippen LogP) is 1.25. The van der Waals surface area contributed by atoms with Gasteiger partial charge in [-0.3, -0.25) is 4.79 Å². The number of benzene rings is 1.